The number of halogens is 1. The van der Waals surface area contributed by atoms with Gasteiger partial charge < -0.3 is 0 Å². The molecule has 2 aromatic rings. The van der Waals surface area contributed by atoms with Gasteiger partial charge in [-0.25, -0.2) is 0 Å². The minimum Gasteiger partial charge on any atom is -0.191 e. The SMILES string of the molecule is CCCCCc1nnc2n1N=C(c1ccc(Cl)cc1)CS2. The Morgan fingerprint density at radius 3 is 2.76 bits per heavy atom. The Bertz CT molecular complexity index is 648. The van der Waals surface area contributed by atoms with Gasteiger partial charge in [-0.05, 0) is 24.1 Å². The lowest BCUT2D eigenvalue weighted by Gasteiger charge is -2.13. The van der Waals surface area contributed by atoms with Crippen LogP contribution in [0.15, 0.2) is 34.5 Å². The highest BCUT2D eigenvalue weighted by molar-refractivity contribution is 7.99. The maximum atomic E-state index is 5.94. The molecule has 110 valence electrons. The molecule has 0 saturated carbocycles. The topological polar surface area (TPSA) is 43.1 Å². The number of fused-ring (bicyclic) bond motifs is 1. The van der Waals surface area contributed by atoms with Crippen LogP contribution in [0.3, 0.4) is 0 Å². The van der Waals surface area contributed by atoms with Crippen LogP contribution < -0.4 is 0 Å². The Labute approximate surface area is 133 Å². The number of nitrogens with zero attached hydrogens (tertiary/aromatic N) is 4. The molecule has 1 aromatic heterocycles. The summed E-state index contributed by atoms with van der Waals surface area (Å²) in [6, 6.07) is 7.81. The summed E-state index contributed by atoms with van der Waals surface area (Å²) in [5.41, 5.74) is 2.14. The van der Waals surface area contributed by atoms with Crippen LogP contribution in [-0.4, -0.2) is 26.3 Å². The lowest BCUT2D eigenvalue weighted by atomic mass is 10.1. The molecule has 0 amide bonds. The van der Waals surface area contributed by atoms with Crippen molar-refractivity contribution in [2.45, 2.75) is 37.8 Å². The van der Waals surface area contributed by atoms with E-state index in [0.29, 0.717) is 0 Å². The lowest BCUT2D eigenvalue weighted by Crippen LogP contribution is -2.14. The molecule has 0 atom stereocenters. The first-order chi connectivity index (χ1) is 10.3. The van der Waals surface area contributed by atoms with Gasteiger partial charge in [-0.2, -0.15) is 9.78 Å². The molecule has 1 aliphatic heterocycles. The molecule has 6 heteroatoms. The molecule has 3 rings (SSSR count). The Morgan fingerprint density at radius 2 is 2.00 bits per heavy atom. The van der Waals surface area contributed by atoms with Crippen LogP contribution in [0.1, 0.15) is 37.6 Å². The summed E-state index contributed by atoms with van der Waals surface area (Å²) in [5, 5.41) is 14.9. The normalized spacial score (nSPS) is 13.9. The average molecular weight is 321 g/mol. The van der Waals surface area contributed by atoms with Crippen molar-refractivity contribution in [3.63, 3.8) is 0 Å². The van der Waals surface area contributed by atoms with E-state index in [-0.39, 0.29) is 0 Å². The molecular weight excluding hydrogens is 304 g/mol. The van der Waals surface area contributed by atoms with E-state index in [2.05, 4.69) is 17.1 Å². The van der Waals surface area contributed by atoms with Crippen molar-refractivity contribution in [2.75, 3.05) is 5.75 Å². The molecule has 1 aromatic carbocycles. The molecule has 21 heavy (non-hydrogen) atoms. The second kappa shape index (κ2) is 6.62. The molecule has 2 heterocycles. The molecule has 0 saturated heterocycles. The molecule has 0 fully saturated rings. The van der Waals surface area contributed by atoms with Gasteiger partial charge in [0.15, 0.2) is 5.82 Å². The highest BCUT2D eigenvalue weighted by Gasteiger charge is 2.19. The van der Waals surface area contributed by atoms with Crippen LogP contribution in [0.2, 0.25) is 5.02 Å². The fourth-order valence-electron chi connectivity index (χ4n) is 2.24. The zero-order valence-corrected chi connectivity index (χ0v) is 13.5. The fraction of sp³-hybridized carbons (Fsp3) is 0.400. The van der Waals surface area contributed by atoms with Crippen LogP contribution in [0.25, 0.3) is 0 Å². The molecule has 0 bridgehead atoms. The van der Waals surface area contributed by atoms with E-state index in [4.69, 9.17) is 16.7 Å². The van der Waals surface area contributed by atoms with Gasteiger partial charge in [-0.3, -0.25) is 0 Å². The van der Waals surface area contributed by atoms with E-state index < -0.39 is 0 Å². The van der Waals surface area contributed by atoms with Gasteiger partial charge in [0.1, 0.15) is 0 Å². The Balaban J connectivity index is 1.85. The van der Waals surface area contributed by atoms with Crippen LogP contribution in [0.5, 0.6) is 0 Å². The second-order valence-corrected chi connectivity index (χ2v) is 6.39. The first-order valence-corrected chi connectivity index (χ1v) is 8.55. The Morgan fingerprint density at radius 1 is 1.19 bits per heavy atom. The first kappa shape index (κ1) is 14.6. The number of thioether (sulfide) groups is 1. The van der Waals surface area contributed by atoms with Crippen LogP contribution >= 0.6 is 23.4 Å². The first-order valence-electron chi connectivity index (χ1n) is 7.19. The van der Waals surface area contributed by atoms with Crippen molar-refractivity contribution >= 4 is 29.1 Å². The zero-order chi connectivity index (χ0) is 14.7. The Kier molecular flexibility index (Phi) is 4.60. The number of hydrogen-bond donors (Lipinski definition) is 0. The molecule has 0 radical (unpaired) electrons. The van der Waals surface area contributed by atoms with E-state index in [1.165, 1.54) is 12.8 Å². The summed E-state index contributed by atoms with van der Waals surface area (Å²) in [6.45, 7) is 2.20. The predicted octanol–water partition coefficient (Wildman–Crippen LogP) is 4.02. The largest absolute Gasteiger partial charge is 0.212 e. The maximum absolute atomic E-state index is 5.94. The van der Waals surface area contributed by atoms with E-state index in [1.807, 2.05) is 28.9 Å². The van der Waals surface area contributed by atoms with Crippen molar-refractivity contribution in [3.05, 3.63) is 40.7 Å². The minimum atomic E-state index is 0.744. The second-order valence-electron chi connectivity index (χ2n) is 5.01. The van der Waals surface area contributed by atoms with E-state index in [9.17, 15) is 0 Å². The molecule has 0 spiro atoms. The highest BCUT2D eigenvalue weighted by atomic mass is 35.5. The van der Waals surface area contributed by atoms with Crippen molar-refractivity contribution in [3.8, 4) is 0 Å². The van der Waals surface area contributed by atoms with Crippen LogP contribution in [-0.2, 0) is 6.42 Å². The van der Waals surface area contributed by atoms with Crippen LogP contribution in [0, 0.1) is 0 Å². The van der Waals surface area contributed by atoms with Gasteiger partial charge in [-0.15, -0.1) is 10.2 Å². The van der Waals surface area contributed by atoms with Crippen molar-refractivity contribution in [1.82, 2.24) is 14.9 Å². The maximum Gasteiger partial charge on any atom is 0.212 e. The van der Waals surface area contributed by atoms with Gasteiger partial charge in [0.25, 0.3) is 0 Å². The van der Waals surface area contributed by atoms with Gasteiger partial charge in [0.2, 0.25) is 5.16 Å². The molecule has 4 nitrogen and oxygen atoms in total. The third-order valence-corrected chi connectivity index (χ3v) is 4.60. The summed E-state index contributed by atoms with van der Waals surface area (Å²) in [4.78, 5) is 0. The standard InChI is InChI=1S/C15H17ClN4S/c1-2-3-4-5-14-17-18-15-20(14)19-13(10-21-15)11-6-8-12(16)9-7-11/h6-9H,2-5,10H2,1H3. The molecule has 0 unspecified atom stereocenters. The number of rotatable bonds is 5. The van der Waals surface area contributed by atoms with Gasteiger partial charge in [-0.1, -0.05) is 55.3 Å². The molecule has 1 aliphatic rings. The number of aryl methyl sites for hydroxylation is 1. The predicted molar refractivity (Wildman–Crippen MR) is 87.4 cm³/mol. The van der Waals surface area contributed by atoms with Gasteiger partial charge >= 0.3 is 0 Å². The summed E-state index contributed by atoms with van der Waals surface area (Å²) in [5.74, 6) is 1.77. The zero-order valence-electron chi connectivity index (χ0n) is 11.9. The molecule has 0 aliphatic carbocycles. The highest BCUT2D eigenvalue weighted by Crippen LogP contribution is 2.25. The number of benzene rings is 1. The van der Waals surface area contributed by atoms with Crippen molar-refractivity contribution < 1.29 is 0 Å². The summed E-state index contributed by atoms with van der Waals surface area (Å²) in [6.07, 6.45) is 4.47. The van der Waals surface area contributed by atoms with E-state index in [1.54, 1.807) is 11.8 Å². The van der Waals surface area contributed by atoms with Crippen molar-refractivity contribution in [2.24, 2.45) is 5.10 Å². The quantitative estimate of drug-likeness (QED) is 0.781. The molecule has 0 N–H and O–H groups in total. The fourth-order valence-corrected chi connectivity index (χ4v) is 3.22. The number of aromatic nitrogens is 3. The minimum absolute atomic E-state index is 0.744. The average Bonchev–Trinajstić information content (AvgIpc) is 2.91. The van der Waals surface area contributed by atoms with Crippen LogP contribution in [0.4, 0.5) is 0 Å². The third-order valence-electron chi connectivity index (χ3n) is 3.42. The summed E-state index contributed by atoms with van der Waals surface area (Å²) < 4.78 is 1.90. The summed E-state index contributed by atoms with van der Waals surface area (Å²) >= 11 is 7.62. The lowest BCUT2D eigenvalue weighted by molar-refractivity contribution is 0.647. The number of unbranched alkanes of at least 4 members (excludes halogenated alkanes) is 2. The number of hydrogen-bond acceptors (Lipinski definition) is 4. The Hall–Kier alpha value is -1.33. The smallest absolute Gasteiger partial charge is 0.191 e. The molecular formula is C15H17ClN4S. The van der Waals surface area contributed by atoms with Crippen molar-refractivity contribution in [1.29, 1.82) is 0 Å². The monoisotopic (exact) mass is 320 g/mol. The third kappa shape index (κ3) is 3.30. The van der Waals surface area contributed by atoms with Gasteiger partial charge in [0, 0.05) is 17.2 Å². The summed E-state index contributed by atoms with van der Waals surface area (Å²) in [7, 11) is 0. The van der Waals surface area contributed by atoms with Gasteiger partial charge in [0.05, 0.1) is 5.71 Å². The van der Waals surface area contributed by atoms with E-state index in [0.717, 1.165) is 45.9 Å². The van der Waals surface area contributed by atoms with E-state index >= 15 is 0 Å².